The molecule has 0 aliphatic carbocycles. The fraction of sp³-hybridized carbons (Fsp3) is 0.500. The van der Waals surface area contributed by atoms with E-state index in [9.17, 15) is 18.8 Å². The van der Waals surface area contributed by atoms with E-state index in [4.69, 9.17) is 4.74 Å². The van der Waals surface area contributed by atoms with Crippen LogP contribution in [0.15, 0.2) is 24.3 Å². The van der Waals surface area contributed by atoms with Gasteiger partial charge >= 0.3 is 5.97 Å². The molecule has 136 valence electrons. The molecule has 2 rings (SSSR count). The van der Waals surface area contributed by atoms with E-state index in [-0.39, 0.29) is 25.1 Å². The van der Waals surface area contributed by atoms with Gasteiger partial charge in [0.15, 0.2) is 0 Å². The molecule has 25 heavy (non-hydrogen) atoms. The number of rotatable bonds is 7. The van der Waals surface area contributed by atoms with Crippen LogP contribution in [0, 0.1) is 5.82 Å². The van der Waals surface area contributed by atoms with E-state index in [1.807, 2.05) is 6.92 Å². The summed E-state index contributed by atoms with van der Waals surface area (Å²) >= 11 is 0. The molecule has 6 nitrogen and oxygen atoms in total. The smallest absolute Gasteiger partial charge is 0.308 e. The number of benzene rings is 1. The Labute approximate surface area is 146 Å². The average molecular weight is 350 g/mol. The fourth-order valence-corrected chi connectivity index (χ4v) is 2.70. The lowest BCUT2D eigenvalue weighted by Gasteiger charge is -2.34. The molecule has 1 N–H and O–H groups in total. The van der Waals surface area contributed by atoms with Gasteiger partial charge in [0, 0.05) is 13.1 Å². The van der Waals surface area contributed by atoms with Crippen LogP contribution in [-0.4, -0.2) is 48.4 Å². The van der Waals surface area contributed by atoms with E-state index in [1.54, 1.807) is 6.07 Å². The predicted molar refractivity (Wildman–Crippen MR) is 89.3 cm³/mol. The van der Waals surface area contributed by atoms with Crippen LogP contribution in [0.3, 0.4) is 0 Å². The van der Waals surface area contributed by atoms with Crippen LogP contribution in [0.4, 0.5) is 4.39 Å². The number of hydrogen-bond acceptors (Lipinski definition) is 4. The molecule has 1 heterocycles. The normalized spacial score (nSPS) is 17.1. The Kier molecular flexibility index (Phi) is 6.91. The summed E-state index contributed by atoms with van der Waals surface area (Å²) in [5, 5.41) is 2.63. The van der Waals surface area contributed by atoms with Gasteiger partial charge in [0.2, 0.25) is 5.91 Å². The van der Waals surface area contributed by atoms with Crippen LogP contribution in [0.5, 0.6) is 0 Å². The topological polar surface area (TPSA) is 75.7 Å². The van der Waals surface area contributed by atoms with Crippen LogP contribution in [0.25, 0.3) is 0 Å². The maximum atomic E-state index is 13.9. The molecule has 1 unspecified atom stereocenters. The summed E-state index contributed by atoms with van der Waals surface area (Å²) in [6.07, 6.45) is 2.48. The van der Waals surface area contributed by atoms with Crippen molar-refractivity contribution < 1.29 is 23.5 Å². The van der Waals surface area contributed by atoms with E-state index < -0.39 is 29.6 Å². The van der Waals surface area contributed by atoms with Crippen LogP contribution in [-0.2, 0) is 14.3 Å². The van der Waals surface area contributed by atoms with Crippen molar-refractivity contribution in [1.82, 2.24) is 10.2 Å². The highest BCUT2D eigenvalue weighted by Crippen LogP contribution is 2.17. The maximum absolute atomic E-state index is 13.9. The summed E-state index contributed by atoms with van der Waals surface area (Å²) < 4.78 is 19.0. The molecule has 7 heteroatoms. The van der Waals surface area contributed by atoms with Crippen LogP contribution >= 0.6 is 0 Å². The zero-order valence-corrected chi connectivity index (χ0v) is 14.3. The summed E-state index contributed by atoms with van der Waals surface area (Å²) in [5.74, 6) is -2.22. The van der Waals surface area contributed by atoms with Crippen molar-refractivity contribution in [2.45, 2.75) is 38.6 Å². The average Bonchev–Trinajstić information content (AvgIpc) is 2.60. The molecule has 0 spiro atoms. The minimum Gasteiger partial charge on any atom is -0.466 e. The van der Waals surface area contributed by atoms with Crippen LogP contribution in [0.1, 0.15) is 43.0 Å². The Morgan fingerprint density at radius 2 is 2.08 bits per heavy atom. The Balaban J connectivity index is 2.05. The SMILES string of the molecule is CCCCCOC(=O)CC1C(=O)NCCN1C(=O)c1ccccc1F. The summed E-state index contributed by atoms with van der Waals surface area (Å²) in [4.78, 5) is 38.0. The molecule has 1 fully saturated rings. The van der Waals surface area contributed by atoms with Gasteiger partial charge in [-0.2, -0.15) is 0 Å². The van der Waals surface area contributed by atoms with Gasteiger partial charge in [-0.15, -0.1) is 0 Å². The molecule has 0 radical (unpaired) electrons. The zero-order valence-electron chi connectivity index (χ0n) is 14.3. The second kappa shape index (κ2) is 9.15. The standard InChI is InChI=1S/C18H23FN2O4/c1-2-3-6-11-25-16(22)12-15-17(23)20-9-10-21(15)18(24)13-7-4-5-8-14(13)19/h4-5,7-8,15H,2-3,6,9-12H2,1H3,(H,20,23). The maximum Gasteiger partial charge on any atom is 0.308 e. The number of esters is 1. The van der Waals surface area contributed by atoms with E-state index in [2.05, 4.69) is 5.32 Å². The third-order valence-electron chi connectivity index (χ3n) is 4.07. The number of unbranched alkanes of at least 4 members (excludes halogenated alkanes) is 2. The van der Waals surface area contributed by atoms with Gasteiger partial charge in [0.1, 0.15) is 11.9 Å². The first-order chi connectivity index (χ1) is 12.0. The summed E-state index contributed by atoms with van der Waals surface area (Å²) in [6.45, 7) is 2.82. The molecule has 1 aliphatic heterocycles. The lowest BCUT2D eigenvalue weighted by molar-refractivity contribution is -0.147. The van der Waals surface area contributed by atoms with Gasteiger partial charge in [-0.25, -0.2) is 4.39 Å². The number of halogens is 1. The lowest BCUT2D eigenvalue weighted by atomic mass is 10.1. The van der Waals surface area contributed by atoms with Crippen molar-refractivity contribution in [3.63, 3.8) is 0 Å². The van der Waals surface area contributed by atoms with Gasteiger partial charge in [0.25, 0.3) is 5.91 Å². The summed E-state index contributed by atoms with van der Waals surface area (Å²) in [7, 11) is 0. The van der Waals surface area contributed by atoms with Crippen molar-refractivity contribution in [2.24, 2.45) is 0 Å². The molecule has 1 aromatic rings. The number of ether oxygens (including phenoxy) is 1. The highest BCUT2D eigenvalue weighted by molar-refractivity contribution is 5.99. The van der Waals surface area contributed by atoms with Crippen molar-refractivity contribution in [1.29, 1.82) is 0 Å². The summed E-state index contributed by atoms with van der Waals surface area (Å²) in [6, 6.07) is 4.61. The van der Waals surface area contributed by atoms with Gasteiger partial charge in [0.05, 0.1) is 18.6 Å². The van der Waals surface area contributed by atoms with Gasteiger partial charge in [-0.1, -0.05) is 31.9 Å². The summed E-state index contributed by atoms with van der Waals surface area (Å²) in [5.41, 5.74) is -0.112. The van der Waals surface area contributed by atoms with Gasteiger partial charge in [-0.3, -0.25) is 14.4 Å². The minimum absolute atomic E-state index is 0.112. The van der Waals surface area contributed by atoms with E-state index >= 15 is 0 Å². The predicted octanol–water partition coefficient (Wildman–Crippen LogP) is 1.89. The number of amides is 2. The van der Waals surface area contributed by atoms with Gasteiger partial charge < -0.3 is 15.0 Å². The first-order valence-electron chi connectivity index (χ1n) is 8.53. The Hall–Kier alpha value is -2.44. The Morgan fingerprint density at radius 1 is 1.32 bits per heavy atom. The largest absolute Gasteiger partial charge is 0.466 e. The van der Waals surface area contributed by atoms with Crippen molar-refractivity contribution in [2.75, 3.05) is 19.7 Å². The van der Waals surface area contributed by atoms with Crippen molar-refractivity contribution in [3.8, 4) is 0 Å². The van der Waals surface area contributed by atoms with Crippen molar-refractivity contribution in [3.05, 3.63) is 35.6 Å². The molecule has 2 amide bonds. The highest BCUT2D eigenvalue weighted by Gasteiger charge is 2.36. The molecule has 1 atom stereocenters. The molecule has 1 saturated heterocycles. The fourth-order valence-electron chi connectivity index (χ4n) is 2.70. The second-order valence-corrected chi connectivity index (χ2v) is 5.92. The number of piperazine rings is 1. The number of nitrogens with one attached hydrogen (secondary N) is 1. The lowest BCUT2D eigenvalue weighted by Crippen LogP contribution is -2.58. The van der Waals surface area contributed by atoms with E-state index in [0.29, 0.717) is 6.61 Å². The molecule has 0 aromatic heterocycles. The first kappa shape index (κ1) is 18.9. The van der Waals surface area contributed by atoms with E-state index in [0.717, 1.165) is 19.3 Å². The molecule has 0 bridgehead atoms. The minimum atomic E-state index is -0.987. The zero-order chi connectivity index (χ0) is 18.2. The number of nitrogens with zero attached hydrogens (tertiary/aromatic N) is 1. The third kappa shape index (κ3) is 5.01. The number of hydrogen-bond donors (Lipinski definition) is 1. The third-order valence-corrected chi connectivity index (χ3v) is 4.07. The van der Waals surface area contributed by atoms with Crippen LogP contribution < -0.4 is 5.32 Å². The molecule has 1 aliphatic rings. The monoisotopic (exact) mass is 350 g/mol. The Morgan fingerprint density at radius 3 is 2.80 bits per heavy atom. The quantitative estimate of drug-likeness (QED) is 0.602. The molecular weight excluding hydrogens is 327 g/mol. The number of carbonyl (C=O) groups is 3. The second-order valence-electron chi connectivity index (χ2n) is 5.92. The van der Waals surface area contributed by atoms with Crippen molar-refractivity contribution >= 4 is 17.8 Å². The Bertz CT molecular complexity index is 635. The number of carbonyl (C=O) groups excluding carboxylic acids is 3. The van der Waals surface area contributed by atoms with Gasteiger partial charge in [-0.05, 0) is 18.6 Å². The van der Waals surface area contributed by atoms with Crippen LogP contribution in [0.2, 0.25) is 0 Å². The molecule has 0 saturated carbocycles. The molecular formula is C18H23FN2O4. The molecule has 1 aromatic carbocycles. The van der Waals surface area contributed by atoms with E-state index in [1.165, 1.54) is 23.1 Å². The highest BCUT2D eigenvalue weighted by atomic mass is 19.1. The first-order valence-corrected chi connectivity index (χ1v) is 8.53.